The molecule has 0 aromatic heterocycles. The highest BCUT2D eigenvalue weighted by atomic mass is 32.2. The van der Waals surface area contributed by atoms with Crippen molar-refractivity contribution in [1.82, 2.24) is 5.32 Å². The van der Waals surface area contributed by atoms with Gasteiger partial charge in [-0.2, -0.15) is 0 Å². The monoisotopic (exact) mass is 429 g/mol. The van der Waals surface area contributed by atoms with E-state index in [0.717, 1.165) is 29.6 Å². The lowest BCUT2D eigenvalue weighted by molar-refractivity contribution is -0.387. The molecular weight excluding hydrogens is 406 g/mol. The van der Waals surface area contributed by atoms with E-state index >= 15 is 0 Å². The van der Waals surface area contributed by atoms with Crippen molar-refractivity contribution in [1.29, 1.82) is 0 Å². The topological polar surface area (TPSA) is 110 Å². The number of carbonyl (C=O) groups is 1. The first-order valence-electron chi connectivity index (χ1n) is 9.97. The molecule has 8 nitrogen and oxygen atoms in total. The van der Waals surface area contributed by atoms with E-state index in [1.54, 1.807) is 30.3 Å². The Morgan fingerprint density at radius 1 is 1.07 bits per heavy atom. The molecule has 0 heterocycles. The van der Waals surface area contributed by atoms with E-state index in [1.165, 1.54) is 24.6 Å². The van der Waals surface area contributed by atoms with Gasteiger partial charge in [-0.05, 0) is 49.3 Å². The van der Waals surface area contributed by atoms with Gasteiger partial charge in [0.2, 0.25) is 5.91 Å². The molecule has 1 N–H and O–H groups in total. The molecule has 2 aliphatic carbocycles. The number of nitrogens with one attached hydrogen (secondary N) is 1. The molecule has 2 saturated carbocycles. The van der Waals surface area contributed by atoms with Crippen LogP contribution in [0.25, 0.3) is 0 Å². The summed E-state index contributed by atoms with van der Waals surface area (Å²) in [6.07, 6.45) is 4.33. The highest BCUT2D eigenvalue weighted by molar-refractivity contribution is 7.93. The van der Waals surface area contributed by atoms with Crippen LogP contribution in [0.2, 0.25) is 0 Å². The van der Waals surface area contributed by atoms with Crippen molar-refractivity contribution in [2.45, 2.75) is 36.6 Å². The number of rotatable bonds is 7. The van der Waals surface area contributed by atoms with Crippen molar-refractivity contribution in [3.05, 3.63) is 64.7 Å². The van der Waals surface area contributed by atoms with E-state index in [4.69, 9.17) is 0 Å². The van der Waals surface area contributed by atoms with Gasteiger partial charge in [-0.3, -0.25) is 19.2 Å². The summed E-state index contributed by atoms with van der Waals surface area (Å²) < 4.78 is 27.7. The van der Waals surface area contributed by atoms with Gasteiger partial charge in [0.1, 0.15) is 6.54 Å². The van der Waals surface area contributed by atoms with Gasteiger partial charge >= 0.3 is 0 Å². The highest BCUT2D eigenvalue weighted by Crippen LogP contribution is 2.44. The Labute approximate surface area is 175 Å². The van der Waals surface area contributed by atoms with Crippen LogP contribution in [0.15, 0.2) is 59.5 Å². The fourth-order valence-electron chi connectivity index (χ4n) is 4.66. The molecule has 2 bridgehead atoms. The molecule has 158 valence electrons. The molecule has 0 radical (unpaired) electrons. The van der Waals surface area contributed by atoms with Gasteiger partial charge < -0.3 is 5.32 Å². The molecule has 4 rings (SSSR count). The van der Waals surface area contributed by atoms with E-state index < -0.39 is 38.0 Å². The van der Waals surface area contributed by atoms with Crippen LogP contribution in [0.4, 0.5) is 11.4 Å². The third-order valence-electron chi connectivity index (χ3n) is 6.05. The van der Waals surface area contributed by atoms with Crippen LogP contribution in [0, 0.1) is 22.0 Å². The number of anilines is 1. The minimum Gasteiger partial charge on any atom is -0.352 e. The van der Waals surface area contributed by atoms with Crippen LogP contribution in [-0.4, -0.2) is 31.8 Å². The molecule has 1 amide bonds. The quantitative estimate of drug-likeness (QED) is 0.537. The number of amides is 1. The van der Waals surface area contributed by atoms with E-state index in [1.807, 2.05) is 0 Å². The van der Waals surface area contributed by atoms with Crippen molar-refractivity contribution in [2.75, 3.05) is 10.8 Å². The first-order chi connectivity index (χ1) is 14.4. The van der Waals surface area contributed by atoms with Crippen molar-refractivity contribution >= 4 is 27.3 Å². The second kappa shape index (κ2) is 8.06. The molecule has 0 aliphatic heterocycles. The largest absolute Gasteiger partial charge is 0.352 e. The summed E-state index contributed by atoms with van der Waals surface area (Å²) in [5, 5.41) is 14.4. The zero-order valence-corrected chi connectivity index (χ0v) is 17.1. The maximum atomic E-state index is 13.4. The summed E-state index contributed by atoms with van der Waals surface area (Å²) in [5.74, 6) is 0.690. The third kappa shape index (κ3) is 3.89. The number of fused-ring (bicyclic) bond motifs is 2. The number of para-hydroxylation sites is 2. The molecule has 2 aliphatic rings. The number of benzene rings is 2. The van der Waals surface area contributed by atoms with Crippen LogP contribution in [0.5, 0.6) is 0 Å². The number of nitrogens with zero attached hydrogens (tertiary/aromatic N) is 2. The van der Waals surface area contributed by atoms with E-state index in [0.29, 0.717) is 11.8 Å². The van der Waals surface area contributed by atoms with Gasteiger partial charge in [0.05, 0.1) is 10.6 Å². The maximum absolute atomic E-state index is 13.4. The number of sulfonamides is 1. The average molecular weight is 429 g/mol. The molecule has 30 heavy (non-hydrogen) atoms. The van der Waals surface area contributed by atoms with Crippen LogP contribution in [0.1, 0.15) is 25.7 Å². The lowest BCUT2D eigenvalue weighted by Crippen LogP contribution is -2.46. The van der Waals surface area contributed by atoms with Crippen molar-refractivity contribution < 1.29 is 18.1 Å². The maximum Gasteiger partial charge on any atom is 0.289 e. The first kappa shape index (κ1) is 20.3. The highest BCUT2D eigenvalue weighted by Gasteiger charge is 2.41. The van der Waals surface area contributed by atoms with Crippen LogP contribution >= 0.6 is 0 Å². The Balaban J connectivity index is 1.63. The molecule has 0 unspecified atom stereocenters. The summed E-state index contributed by atoms with van der Waals surface area (Å²) in [6.45, 7) is -0.438. The molecule has 0 saturated heterocycles. The van der Waals surface area contributed by atoms with Crippen LogP contribution < -0.4 is 9.62 Å². The second-order valence-corrected chi connectivity index (χ2v) is 9.75. The van der Waals surface area contributed by atoms with Gasteiger partial charge in [0, 0.05) is 12.1 Å². The first-order valence-corrected chi connectivity index (χ1v) is 11.4. The fourth-order valence-corrected chi connectivity index (χ4v) is 6.24. The predicted molar refractivity (Wildman–Crippen MR) is 111 cm³/mol. The standard InChI is InChI=1S/C21H23N3O5S/c25-21(22-18-13-15-10-11-16(18)12-15)14-23(17-6-2-1-3-7-17)30(28,29)20-9-5-4-8-19(20)24(26)27/h1-9,15-16,18H,10-14H2,(H,22,25)/t15-,16-,18+/m0/s1. The zero-order chi connectivity index (χ0) is 21.3. The normalized spacial score (nSPS) is 22.6. The Hall–Kier alpha value is -2.94. The van der Waals surface area contributed by atoms with Crippen molar-refractivity contribution in [3.63, 3.8) is 0 Å². The Morgan fingerprint density at radius 2 is 1.77 bits per heavy atom. The van der Waals surface area contributed by atoms with Gasteiger partial charge in [-0.15, -0.1) is 0 Å². The smallest absolute Gasteiger partial charge is 0.289 e. The van der Waals surface area contributed by atoms with E-state index in [2.05, 4.69) is 5.32 Å². The van der Waals surface area contributed by atoms with Gasteiger partial charge in [0.25, 0.3) is 15.7 Å². The number of hydrogen-bond acceptors (Lipinski definition) is 5. The summed E-state index contributed by atoms with van der Waals surface area (Å²) in [5.41, 5.74) is -0.245. The SMILES string of the molecule is O=C(CN(c1ccccc1)S(=O)(=O)c1ccccc1[N+](=O)[O-])N[C@@H]1C[C@H]2CC[C@H]1C2. The molecule has 2 fully saturated rings. The minimum absolute atomic E-state index is 0.0719. The third-order valence-corrected chi connectivity index (χ3v) is 7.87. The number of nitro groups is 1. The number of nitro benzene ring substituents is 1. The molecule has 2 aromatic rings. The summed E-state index contributed by atoms with van der Waals surface area (Å²) in [4.78, 5) is 23.0. The molecule has 9 heteroatoms. The summed E-state index contributed by atoms with van der Waals surface area (Å²) >= 11 is 0. The average Bonchev–Trinajstić information content (AvgIpc) is 3.35. The van der Waals surface area contributed by atoms with Gasteiger partial charge in [0.15, 0.2) is 4.90 Å². The lowest BCUT2D eigenvalue weighted by Gasteiger charge is -2.27. The number of carbonyl (C=O) groups excluding carboxylic acids is 1. The Bertz CT molecular complexity index is 1060. The Morgan fingerprint density at radius 3 is 2.40 bits per heavy atom. The zero-order valence-electron chi connectivity index (χ0n) is 16.3. The van der Waals surface area contributed by atoms with Gasteiger partial charge in [-0.25, -0.2) is 8.42 Å². The van der Waals surface area contributed by atoms with E-state index in [9.17, 15) is 23.3 Å². The molecule has 0 spiro atoms. The second-order valence-electron chi connectivity index (χ2n) is 7.92. The molecule has 3 atom stereocenters. The predicted octanol–water partition coefficient (Wildman–Crippen LogP) is 3.09. The van der Waals surface area contributed by atoms with Crippen molar-refractivity contribution in [2.24, 2.45) is 11.8 Å². The number of hydrogen-bond donors (Lipinski definition) is 1. The lowest BCUT2D eigenvalue weighted by atomic mass is 9.95. The van der Waals surface area contributed by atoms with Gasteiger partial charge in [-0.1, -0.05) is 36.8 Å². The summed E-state index contributed by atoms with van der Waals surface area (Å²) in [7, 11) is -4.34. The summed E-state index contributed by atoms with van der Waals surface area (Å²) in [6, 6.07) is 13.4. The Kier molecular flexibility index (Phi) is 5.46. The van der Waals surface area contributed by atoms with E-state index in [-0.39, 0.29) is 11.7 Å². The molecular formula is C21H23N3O5S. The van der Waals surface area contributed by atoms with Crippen LogP contribution in [-0.2, 0) is 14.8 Å². The fraction of sp³-hybridized carbons (Fsp3) is 0.381. The van der Waals surface area contributed by atoms with Crippen molar-refractivity contribution in [3.8, 4) is 0 Å². The molecule has 2 aromatic carbocycles. The van der Waals surface area contributed by atoms with Crippen LogP contribution in [0.3, 0.4) is 0 Å². The minimum atomic E-state index is -4.34.